The number of carbonyl (C=O) groups is 2. The van der Waals surface area contributed by atoms with Crippen LogP contribution in [0.15, 0.2) is 29.2 Å². The molecule has 0 unspecified atom stereocenters. The Kier molecular flexibility index (Phi) is 5.59. The van der Waals surface area contributed by atoms with Gasteiger partial charge in [-0.15, -0.1) is 0 Å². The summed E-state index contributed by atoms with van der Waals surface area (Å²) in [6, 6.07) is 5.87. The lowest BCUT2D eigenvalue weighted by molar-refractivity contribution is -0.123. The minimum absolute atomic E-state index is 0.00871. The monoisotopic (exact) mass is 340 g/mol. The van der Waals surface area contributed by atoms with Crippen LogP contribution in [0.4, 0.5) is 0 Å². The van der Waals surface area contributed by atoms with E-state index in [1.165, 1.54) is 25.3 Å². The fourth-order valence-corrected chi connectivity index (χ4v) is 3.03. The van der Waals surface area contributed by atoms with E-state index in [2.05, 4.69) is 5.32 Å². The van der Waals surface area contributed by atoms with Crippen molar-refractivity contribution in [3.05, 3.63) is 24.3 Å². The van der Waals surface area contributed by atoms with Crippen LogP contribution < -0.4 is 14.8 Å². The normalized spacial score (nSPS) is 14.1. The topological polar surface area (TPSA) is 102 Å². The lowest BCUT2D eigenvalue weighted by Crippen LogP contribution is -2.32. The average Bonchev–Trinajstić information content (AvgIpc) is 3.36. The molecule has 0 aromatic heterocycles. The molecule has 0 heterocycles. The molecule has 2 amide bonds. The van der Waals surface area contributed by atoms with Crippen LogP contribution in [0, 0.1) is 5.92 Å². The zero-order chi connectivity index (χ0) is 16.9. The maximum absolute atomic E-state index is 12.1. The molecule has 0 spiro atoms. The summed E-state index contributed by atoms with van der Waals surface area (Å²) in [5.74, 6) is -0.0803. The van der Waals surface area contributed by atoms with E-state index in [-0.39, 0.29) is 23.1 Å². The van der Waals surface area contributed by atoms with Crippen LogP contribution in [-0.4, -0.2) is 33.9 Å². The molecular formula is C15H20N2O5S. The van der Waals surface area contributed by atoms with Crippen molar-refractivity contribution in [1.29, 1.82) is 0 Å². The van der Waals surface area contributed by atoms with Crippen LogP contribution in [0.2, 0.25) is 0 Å². The van der Waals surface area contributed by atoms with Crippen LogP contribution in [0.1, 0.15) is 25.7 Å². The quantitative estimate of drug-likeness (QED) is 0.682. The van der Waals surface area contributed by atoms with Gasteiger partial charge in [0.15, 0.2) is 0 Å². The fourth-order valence-electron chi connectivity index (χ4n) is 1.98. The summed E-state index contributed by atoms with van der Waals surface area (Å²) in [6.07, 6.45) is 2.25. The predicted molar refractivity (Wildman–Crippen MR) is 83.3 cm³/mol. The Hall–Kier alpha value is -2.09. The van der Waals surface area contributed by atoms with Gasteiger partial charge < -0.3 is 10.1 Å². The summed E-state index contributed by atoms with van der Waals surface area (Å²) < 4.78 is 31.2. The van der Waals surface area contributed by atoms with E-state index < -0.39 is 15.9 Å². The summed E-state index contributed by atoms with van der Waals surface area (Å²) in [7, 11) is -2.49. The Bertz CT molecular complexity index is 683. The van der Waals surface area contributed by atoms with E-state index in [1.807, 2.05) is 4.72 Å². The molecule has 7 nitrogen and oxygen atoms in total. The Morgan fingerprint density at radius 1 is 1.30 bits per heavy atom. The van der Waals surface area contributed by atoms with Crippen molar-refractivity contribution in [1.82, 2.24) is 10.0 Å². The lowest BCUT2D eigenvalue weighted by atomic mass is 10.3. The number of methoxy groups -OCH3 is 1. The maximum Gasteiger partial charge on any atom is 0.264 e. The van der Waals surface area contributed by atoms with Crippen molar-refractivity contribution in [3.8, 4) is 5.75 Å². The second kappa shape index (κ2) is 7.45. The molecule has 1 aromatic carbocycles. The molecule has 8 heteroatoms. The molecule has 1 aliphatic rings. The van der Waals surface area contributed by atoms with Gasteiger partial charge in [-0.05, 0) is 31.4 Å². The molecule has 0 aliphatic heterocycles. The maximum atomic E-state index is 12.1. The molecule has 1 aliphatic carbocycles. The number of ether oxygens (including phenoxy) is 1. The van der Waals surface area contributed by atoms with Crippen LogP contribution in [0.25, 0.3) is 0 Å². The third-order valence-corrected chi connectivity index (χ3v) is 4.80. The minimum Gasteiger partial charge on any atom is -0.497 e. The number of benzene rings is 1. The summed E-state index contributed by atoms with van der Waals surface area (Å²) in [5, 5.41) is 2.72. The third kappa shape index (κ3) is 5.24. The summed E-state index contributed by atoms with van der Waals surface area (Å²) >= 11 is 0. The highest BCUT2D eigenvalue weighted by Crippen LogP contribution is 2.28. The number of rotatable bonds is 8. The molecule has 1 aromatic rings. The van der Waals surface area contributed by atoms with E-state index in [0.29, 0.717) is 18.7 Å². The zero-order valence-electron chi connectivity index (χ0n) is 12.9. The SMILES string of the molecule is COc1cccc(S(=O)(=O)NC(=O)CCCNC(=O)C2CC2)c1. The van der Waals surface area contributed by atoms with Gasteiger partial charge in [-0.1, -0.05) is 6.07 Å². The minimum atomic E-state index is -3.92. The molecule has 0 atom stereocenters. The number of carbonyl (C=O) groups excluding carboxylic acids is 2. The number of amides is 2. The molecule has 23 heavy (non-hydrogen) atoms. The first-order valence-corrected chi connectivity index (χ1v) is 8.88. The molecule has 2 N–H and O–H groups in total. The first-order chi connectivity index (χ1) is 10.9. The number of sulfonamides is 1. The molecule has 2 rings (SSSR count). The average molecular weight is 340 g/mol. The van der Waals surface area contributed by atoms with E-state index >= 15 is 0 Å². The van der Waals surface area contributed by atoms with Crippen LogP contribution in [0.5, 0.6) is 5.75 Å². The number of hydrogen-bond acceptors (Lipinski definition) is 5. The van der Waals surface area contributed by atoms with Crippen molar-refractivity contribution in [3.63, 3.8) is 0 Å². The molecular weight excluding hydrogens is 320 g/mol. The van der Waals surface area contributed by atoms with Crippen LogP contribution in [0.3, 0.4) is 0 Å². The smallest absolute Gasteiger partial charge is 0.264 e. The summed E-state index contributed by atoms with van der Waals surface area (Å²) in [5.41, 5.74) is 0. The molecule has 0 saturated heterocycles. The van der Waals surface area contributed by atoms with Crippen molar-refractivity contribution in [2.24, 2.45) is 5.92 Å². The van der Waals surface area contributed by atoms with Gasteiger partial charge in [0, 0.05) is 24.9 Å². The first kappa shape index (κ1) is 17.3. The molecule has 1 saturated carbocycles. The molecule has 0 bridgehead atoms. The second-order valence-corrected chi connectivity index (χ2v) is 7.06. The van der Waals surface area contributed by atoms with Crippen molar-refractivity contribution in [2.75, 3.05) is 13.7 Å². The zero-order valence-corrected chi connectivity index (χ0v) is 13.7. The lowest BCUT2D eigenvalue weighted by Gasteiger charge is -2.08. The van der Waals surface area contributed by atoms with Crippen molar-refractivity contribution in [2.45, 2.75) is 30.6 Å². The number of hydrogen-bond donors (Lipinski definition) is 2. The van der Waals surface area contributed by atoms with Crippen molar-refractivity contribution >= 4 is 21.8 Å². The third-order valence-electron chi connectivity index (χ3n) is 3.43. The van der Waals surface area contributed by atoms with Gasteiger partial charge in [0.25, 0.3) is 10.0 Å². The van der Waals surface area contributed by atoms with Crippen LogP contribution in [-0.2, 0) is 19.6 Å². The Morgan fingerprint density at radius 2 is 2.04 bits per heavy atom. The van der Waals surface area contributed by atoms with Gasteiger partial charge in [0.2, 0.25) is 11.8 Å². The number of nitrogens with one attached hydrogen (secondary N) is 2. The van der Waals surface area contributed by atoms with Gasteiger partial charge >= 0.3 is 0 Å². The highest BCUT2D eigenvalue weighted by molar-refractivity contribution is 7.90. The standard InChI is InChI=1S/C15H20N2O5S/c1-22-12-4-2-5-13(10-12)23(20,21)17-14(18)6-3-9-16-15(19)11-7-8-11/h2,4-5,10-11H,3,6-9H2,1H3,(H,16,19)(H,17,18). The van der Waals surface area contributed by atoms with Gasteiger partial charge in [-0.25, -0.2) is 13.1 Å². The summed E-state index contributed by atoms with van der Waals surface area (Å²) in [4.78, 5) is 23.1. The Labute approximate surface area is 135 Å². The van der Waals surface area contributed by atoms with Gasteiger partial charge in [0.05, 0.1) is 12.0 Å². The van der Waals surface area contributed by atoms with Crippen molar-refractivity contribution < 1.29 is 22.7 Å². The van der Waals surface area contributed by atoms with Gasteiger partial charge in [-0.2, -0.15) is 0 Å². The highest BCUT2D eigenvalue weighted by atomic mass is 32.2. The van der Waals surface area contributed by atoms with E-state index in [9.17, 15) is 18.0 Å². The first-order valence-electron chi connectivity index (χ1n) is 7.40. The van der Waals surface area contributed by atoms with E-state index in [1.54, 1.807) is 6.07 Å². The molecule has 1 fully saturated rings. The largest absolute Gasteiger partial charge is 0.497 e. The Morgan fingerprint density at radius 3 is 2.70 bits per heavy atom. The van der Waals surface area contributed by atoms with E-state index in [4.69, 9.17) is 4.74 Å². The van der Waals surface area contributed by atoms with E-state index in [0.717, 1.165) is 12.8 Å². The Balaban J connectivity index is 1.79. The molecule has 0 radical (unpaired) electrons. The summed E-state index contributed by atoms with van der Waals surface area (Å²) in [6.45, 7) is 0.363. The predicted octanol–water partition coefficient (Wildman–Crippen LogP) is 0.806. The van der Waals surface area contributed by atoms with Gasteiger partial charge in [0.1, 0.15) is 5.75 Å². The van der Waals surface area contributed by atoms with Crippen LogP contribution >= 0.6 is 0 Å². The second-order valence-electron chi connectivity index (χ2n) is 5.38. The van der Waals surface area contributed by atoms with Gasteiger partial charge in [-0.3, -0.25) is 9.59 Å². The molecule has 126 valence electrons. The fraction of sp³-hybridized carbons (Fsp3) is 0.467. The highest BCUT2D eigenvalue weighted by Gasteiger charge is 2.29.